The Kier molecular flexibility index (Phi) is 5.54. The van der Waals surface area contributed by atoms with E-state index in [1.165, 1.54) is 0 Å². The normalized spacial score (nSPS) is 12.5. The maximum atomic E-state index is 9.68. The highest BCUT2D eigenvalue weighted by atomic mass is 32.2. The Labute approximate surface area is 108 Å². The molecule has 0 aliphatic heterocycles. The molecule has 2 nitrogen and oxygen atoms in total. The zero-order valence-corrected chi connectivity index (χ0v) is 11.4. The van der Waals surface area contributed by atoms with Gasteiger partial charge >= 0.3 is 0 Å². The van der Waals surface area contributed by atoms with Gasteiger partial charge in [-0.1, -0.05) is 19.9 Å². The number of benzene rings is 1. The van der Waals surface area contributed by atoms with Gasteiger partial charge in [0.05, 0.1) is 17.7 Å². The fraction of sp³-hybridized carbons (Fsp3) is 0.500. The lowest BCUT2D eigenvalue weighted by molar-refractivity contribution is 0.196. The zero-order valence-electron chi connectivity index (χ0n) is 10.6. The topological polar surface area (TPSA) is 44.0 Å². The quantitative estimate of drug-likeness (QED) is 0.808. The summed E-state index contributed by atoms with van der Waals surface area (Å²) in [6.45, 7) is 6.15. The van der Waals surface area contributed by atoms with Crippen molar-refractivity contribution in [2.24, 2.45) is 5.92 Å². The Morgan fingerprint density at radius 2 is 2.06 bits per heavy atom. The molecule has 0 aromatic heterocycles. The van der Waals surface area contributed by atoms with Crippen LogP contribution in [0.15, 0.2) is 23.1 Å². The molecule has 1 rings (SSSR count). The van der Waals surface area contributed by atoms with Crippen molar-refractivity contribution in [2.45, 2.75) is 38.2 Å². The van der Waals surface area contributed by atoms with Crippen molar-refractivity contribution >= 4 is 11.8 Å². The minimum Gasteiger partial charge on any atom is -0.389 e. The summed E-state index contributed by atoms with van der Waals surface area (Å²) in [6.07, 6.45) is 0.657. The summed E-state index contributed by atoms with van der Waals surface area (Å²) < 4.78 is 0. The van der Waals surface area contributed by atoms with Crippen LogP contribution in [0.2, 0.25) is 0 Å². The summed E-state index contributed by atoms with van der Waals surface area (Å²) in [5.74, 6) is 1.70. The predicted molar refractivity (Wildman–Crippen MR) is 72.0 cm³/mol. The van der Waals surface area contributed by atoms with E-state index in [0.29, 0.717) is 11.5 Å². The lowest BCUT2D eigenvalue weighted by Crippen LogP contribution is -1.96. The Morgan fingerprint density at radius 1 is 1.35 bits per heavy atom. The second kappa shape index (κ2) is 6.68. The van der Waals surface area contributed by atoms with E-state index in [-0.39, 0.29) is 0 Å². The van der Waals surface area contributed by atoms with Crippen molar-refractivity contribution < 1.29 is 5.11 Å². The van der Waals surface area contributed by atoms with Gasteiger partial charge in [0.25, 0.3) is 0 Å². The Morgan fingerprint density at radius 3 is 2.59 bits per heavy atom. The van der Waals surface area contributed by atoms with Crippen molar-refractivity contribution in [3.05, 3.63) is 29.3 Å². The zero-order chi connectivity index (χ0) is 12.8. The van der Waals surface area contributed by atoms with E-state index < -0.39 is 6.10 Å². The largest absolute Gasteiger partial charge is 0.389 e. The molecular formula is C14H19NOS. The smallest absolute Gasteiger partial charge is 0.0992 e. The van der Waals surface area contributed by atoms with Crippen molar-refractivity contribution in [1.82, 2.24) is 0 Å². The van der Waals surface area contributed by atoms with Gasteiger partial charge in [-0.15, -0.1) is 11.8 Å². The summed E-state index contributed by atoms with van der Waals surface area (Å²) in [5.41, 5.74) is 1.57. The van der Waals surface area contributed by atoms with Crippen molar-refractivity contribution in [3.63, 3.8) is 0 Å². The van der Waals surface area contributed by atoms with E-state index in [1.807, 2.05) is 12.1 Å². The summed E-state index contributed by atoms with van der Waals surface area (Å²) in [7, 11) is 0. The number of nitrogens with zero attached hydrogens (tertiary/aromatic N) is 1. The molecule has 0 radical (unpaired) electrons. The first-order valence-electron chi connectivity index (χ1n) is 5.89. The molecule has 0 saturated heterocycles. The number of rotatable bonds is 5. The average Bonchev–Trinajstić information content (AvgIpc) is 2.28. The highest BCUT2D eigenvalue weighted by Gasteiger charge is 2.09. The molecule has 0 heterocycles. The number of thioether (sulfide) groups is 1. The minimum absolute atomic E-state index is 0.482. The fourth-order valence-corrected chi connectivity index (χ4v) is 2.90. The van der Waals surface area contributed by atoms with Crippen LogP contribution < -0.4 is 0 Å². The molecule has 1 atom stereocenters. The lowest BCUT2D eigenvalue weighted by Gasteiger charge is -2.12. The first-order valence-corrected chi connectivity index (χ1v) is 6.88. The SMILES string of the molecule is CC(C)CCSc1cc(C#N)ccc1C(C)O. The molecule has 1 aromatic rings. The third-order valence-corrected chi connectivity index (χ3v) is 3.65. The van der Waals surface area contributed by atoms with Gasteiger partial charge in [0.15, 0.2) is 0 Å². The van der Waals surface area contributed by atoms with Crippen LogP contribution in [0.5, 0.6) is 0 Å². The van der Waals surface area contributed by atoms with Crippen LogP contribution >= 0.6 is 11.8 Å². The van der Waals surface area contributed by atoms with Crippen LogP contribution in [0.25, 0.3) is 0 Å². The van der Waals surface area contributed by atoms with Gasteiger partial charge < -0.3 is 5.11 Å². The van der Waals surface area contributed by atoms with E-state index in [0.717, 1.165) is 22.6 Å². The first-order chi connectivity index (χ1) is 8.04. The number of hydrogen-bond donors (Lipinski definition) is 1. The second-order valence-electron chi connectivity index (χ2n) is 4.57. The van der Waals surface area contributed by atoms with E-state index in [1.54, 1.807) is 24.8 Å². The summed E-state index contributed by atoms with van der Waals surface area (Å²) >= 11 is 1.72. The monoisotopic (exact) mass is 249 g/mol. The maximum absolute atomic E-state index is 9.68. The van der Waals surface area contributed by atoms with Gasteiger partial charge in [-0.25, -0.2) is 0 Å². The van der Waals surface area contributed by atoms with Gasteiger partial charge in [-0.2, -0.15) is 5.26 Å². The standard InChI is InChI=1S/C14H19NOS/c1-10(2)6-7-17-14-8-12(9-15)4-5-13(14)11(3)16/h4-5,8,10-11,16H,6-7H2,1-3H3. The van der Waals surface area contributed by atoms with Gasteiger partial charge in [0.2, 0.25) is 0 Å². The third kappa shape index (κ3) is 4.41. The number of hydrogen-bond acceptors (Lipinski definition) is 3. The van der Waals surface area contributed by atoms with Crippen LogP contribution in [-0.4, -0.2) is 10.9 Å². The third-order valence-electron chi connectivity index (χ3n) is 2.55. The van der Waals surface area contributed by atoms with E-state index in [2.05, 4.69) is 19.9 Å². The summed E-state index contributed by atoms with van der Waals surface area (Å²) in [4.78, 5) is 1.03. The first kappa shape index (κ1) is 14.1. The molecule has 0 amide bonds. The molecular weight excluding hydrogens is 230 g/mol. The van der Waals surface area contributed by atoms with Gasteiger partial charge in [-0.3, -0.25) is 0 Å². The molecule has 0 spiro atoms. The average molecular weight is 249 g/mol. The van der Waals surface area contributed by atoms with E-state index >= 15 is 0 Å². The predicted octanol–water partition coefficient (Wildman–Crippen LogP) is 3.75. The molecule has 92 valence electrons. The van der Waals surface area contributed by atoms with Crippen LogP contribution in [0.1, 0.15) is 44.4 Å². The summed E-state index contributed by atoms with van der Waals surface area (Å²) in [5, 5.41) is 18.6. The minimum atomic E-state index is -0.482. The number of nitriles is 1. The fourth-order valence-electron chi connectivity index (χ4n) is 1.48. The molecule has 0 aliphatic rings. The van der Waals surface area contributed by atoms with Gasteiger partial charge in [0, 0.05) is 4.90 Å². The van der Waals surface area contributed by atoms with Crippen LogP contribution in [-0.2, 0) is 0 Å². The van der Waals surface area contributed by atoms with Crippen LogP contribution in [0.4, 0.5) is 0 Å². The van der Waals surface area contributed by atoms with Crippen molar-refractivity contribution in [3.8, 4) is 6.07 Å². The lowest BCUT2D eigenvalue weighted by atomic mass is 10.1. The van der Waals surface area contributed by atoms with Crippen LogP contribution in [0.3, 0.4) is 0 Å². The van der Waals surface area contributed by atoms with Gasteiger partial charge in [0.1, 0.15) is 0 Å². The maximum Gasteiger partial charge on any atom is 0.0992 e. The molecule has 17 heavy (non-hydrogen) atoms. The Balaban J connectivity index is 2.83. The molecule has 1 aromatic carbocycles. The second-order valence-corrected chi connectivity index (χ2v) is 5.71. The molecule has 0 bridgehead atoms. The van der Waals surface area contributed by atoms with Gasteiger partial charge in [-0.05, 0) is 42.7 Å². The van der Waals surface area contributed by atoms with E-state index in [4.69, 9.17) is 5.26 Å². The van der Waals surface area contributed by atoms with Crippen molar-refractivity contribution in [2.75, 3.05) is 5.75 Å². The molecule has 0 saturated carbocycles. The molecule has 0 fully saturated rings. The van der Waals surface area contributed by atoms with Crippen LogP contribution in [0, 0.1) is 17.2 Å². The highest BCUT2D eigenvalue weighted by Crippen LogP contribution is 2.29. The molecule has 3 heteroatoms. The van der Waals surface area contributed by atoms with E-state index in [9.17, 15) is 5.11 Å². The Bertz CT molecular complexity index is 407. The number of aliphatic hydroxyl groups is 1. The number of aliphatic hydroxyl groups excluding tert-OH is 1. The summed E-state index contributed by atoms with van der Waals surface area (Å²) in [6, 6.07) is 7.61. The van der Waals surface area contributed by atoms with Crippen molar-refractivity contribution in [1.29, 1.82) is 5.26 Å². The molecule has 1 unspecified atom stereocenters. The highest BCUT2D eigenvalue weighted by molar-refractivity contribution is 7.99. The molecule has 0 aliphatic carbocycles. The molecule has 1 N–H and O–H groups in total. The Hall–Kier alpha value is -0.980.